The second-order valence-electron chi connectivity index (χ2n) is 7.19. The standard InChI is InChI=1S/C20H21N3O6/c1-28-17-5-10-11(6-18(17)29-2)15-7-16(24)13(19(25)26)9-23(15)14-3-4-22(20(21)27)8-12(10)14/h5-7,9,12,14H,3-4,8H2,1-2H3,(H2,21,27)(H,25,26). The van der Waals surface area contributed by atoms with Gasteiger partial charge in [0, 0.05) is 42.9 Å². The quantitative estimate of drug-likeness (QED) is 0.809. The highest BCUT2D eigenvalue weighted by Crippen LogP contribution is 2.49. The van der Waals surface area contributed by atoms with E-state index in [1.165, 1.54) is 19.4 Å². The summed E-state index contributed by atoms with van der Waals surface area (Å²) >= 11 is 0. The molecule has 2 aliphatic heterocycles. The Hall–Kier alpha value is -3.49. The first-order chi connectivity index (χ1) is 13.8. The van der Waals surface area contributed by atoms with Crippen molar-refractivity contribution in [2.75, 3.05) is 27.3 Å². The predicted octanol–water partition coefficient (Wildman–Crippen LogP) is 1.65. The van der Waals surface area contributed by atoms with E-state index >= 15 is 0 Å². The van der Waals surface area contributed by atoms with Crippen molar-refractivity contribution in [1.82, 2.24) is 9.47 Å². The van der Waals surface area contributed by atoms with Gasteiger partial charge in [-0.1, -0.05) is 0 Å². The van der Waals surface area contributed by atoms with Crippen LogP contribution in [0.15, 0.2) is 29.2 Å². The summed E-state index contributed by atoms with van der Waals surface area (Å²) in [7, 11) is 3.06. The van der Waals surface area contributed by atoms with Gasteiger partial charge >= 0.3 is 12.0 Å². The van der Waals surface area contributed by atoms with Crippen molar-refractivity contribution in [2.24, 2.45) is 5.73 Å². The largest absolute Gasteiger partial charge is 0.493 e. The molecule has 1 fully saturated rings. The fourth-order valence-electron chi connectivity index (χ4n) is 4.40. The van der Waals surface area contributed by atoms with Gasteiger partial charge in [-0.05, 0) is 24.1 Å². The molecule has 9 nitrogen and oxygen atoms in total. The molecule has 1 aromatic carbocycles. The van der Waals surface area contributed by atoms with Crippen LogP contribution in [-0.2, 0) is 0 Å². The van der Waals surface area contributed by atoms with Gasteiger partial charge < -0.3 is 29.8 Å². The fraction of sp³-hybridized carbons (Fsp3) is 0.350. The van der Waals surface area contributed by atoms with Crippen molar-refractivity contribution in [1.29, 1.82) is 0 Å². The number of aromatic nitrogens is 1. The number of pyridine rings is 1. The summed E-state index contributed by atoms with van der Waals surface area (Å²) < 4.78 is 12.7. The molecule has 4 rings (SSSR count). The molecule has 0 spiro atoms. The number of rotatable bonds is 3. The first-order valence-corrected chi connectivity index (χ1v) is 9.15. The average Bonchev–Trinajstić information content (AvgIpc) is 2.71. The fourth-order valence-corrected chi connectivity index (χ4v) is 4.40. The van der Waals surface area contributed by atoms with E-state index in [2.05, 4.69) is 0 Å². The van der Waals surface area contributed by atoms with Crippen LogP contribution in [0.3, 0.4) is 0 Å². The maximum absolute atomic E-state index is 12.4. The first-order valence-electron chi connectivity index (χ1n) is 9.15. The molecule has 3 heterocycles. The van der Waals surface area contributed by atoms with Gasteiger partial charge in [0.25, 0.3) is 0 Å². The summed E-state index contributed by atoms with van der Waals surface area (Å²) in [5.41, 5.74) is 6.92. The number of urea groups is 1. The number of hydrogen-bond acceptors (Lipinski definition) is 5. The molecule has 0 bridgehead atoms. The molecule has 152 valence electrons. The molecular formula is C20H21N3O6. The molecule has 0 radical (unpaired) electrons. The van der Waals surface area contributed by atoms with Crippen molar-refractivity contribution in [3.05, 3.63) is 45.7 Å². The van der Waals surface area contributed by atoms with Gasteiger partial charge in [0.15, 0.2) is 16.9 Å². The Morgan fingerprint density at radius 1 is 1.17 bits per heavy atom. The maximum atomic E-state index is 12.4. The van der Waals surface area contributed by atoms with E-state index in [1.807, 2.05) is 10.6 Å². The van der Waals surface area contributed by atoms with E-state index in [-0.39, 0.29) is 17.5 Å². The molecule has 2 aliphatic rings. The number of primary amides is 1. The van der Waals surface area contributed by atoms with Gasteiger partial charge in [-0.2, -0.15) is 0 Å². The van der Waals surface area contributed by atoms with Crippen LogP contribution in [0.1, 0.15) is 34.3 Å². The third-order valence-corrected chi connectivity index (χ3v) is 5.79. The number of fused-ring (bicyclic) bond motifs is 6. The van der Waals surface area contributed by atoms with E-state index < -0.39 is 17.4 Å². The molecule has 2 aromatic rings. The van der Waals surface area contributed by atoms with Crippen molar-refractivity contribution in [3.63, 3.8) is 0 Å². The smallest absolute Gasteiger partial charge is 0.341 e. The number of benzene rings is 1. The molecule has 2 atom stereocenters. The van der Waals surface area contributed by atoms with Crippen LogP contribution in [0, 0.1) is 0 Å². The number of amides is 2. The Kier molecular flexibility index (Phi) is 4.45. The lowest BCUT2D eigenvalue weighted by Crippen LogP contribution is -2.47. The lowest BCUT2D eigenvalue weighted by atomic mass is 9.79. The number of carboxylic acids is 1. The number of methoxy groups -OCH3 is 2. The minimum absolute atomic E-state index is 0.120. The van der Waals surface area contributed by atoms with Crippen LogP contribution in [0.5, 0.6) is 11.5 Å². The normalized spacial score (nSPS) is 19.6. The molecule has 0 aliphatic carbocycles. The second kappa shape index (κ2) is 6.84. The first kappa shape index (κ1) is 18.9. The maximum Gasteiger partial charge on any atom is 0.341 e. The number of aromatic carboxylic acids is 1. The summed E-state index contributed by atoms with van der Waals surface area (Å²) in [6.07, 6.45) is 1.98. The molecule has 0 saturated carbocycles. The molecule has 9 heteroatoms. The topological polar surface area (TPSA) is 124 Å². The van der Waals surface area contributed by atoms with Crippen LogP contribution in [-0.4, -0.2) is 53.9 Å². The van der Waals surface area contributed by atoms with Gasteiger partial charge in [0.1, 0.15) is 5.56 Å². The number of carbonyl (C=O) groups is 2. The van der Waals surface area contributed by atoms with E-state index in [4.69, 9.17) is 15.2 Å². The number of hydrogen-bond donors (Lipinski definition) is 2. The Balaban J connectivity index is 1.98. The highest BCUT2D eigenvalue weighted by Gasteiger charge is 2.39. The van der Waals surface area contributed by atoms with Crippen LogP contribution >= 0.6 is 0 Å². The van der Waals surface area contributed by atoms with Gasteiger partial charge in [0.05, 0.1) is 19.9 Å². The summed E-state index contributed by atoms with van der Waals surface area (Å²) in [4.78, 5) is 37.3. The molecule has 29 heavy (non-hydrogen) atoms. The predicted molar refractivity (Wildman–Crippen MR) is 104 cm³/mol. The zero-order valence-electron chi connectivity index (χ0n) is 16.0. The van der Waals surface area contributed by atoms with Crippen molar-refractivity contribution in [3.8, 4) is 22.8 Å². The summed E-state index contributed by atoms with van der Waals surface area (Å²) in [5, 5.41) is 9.40. The minimum Gasteiger partial charge on any atom is -0.493 e. The molecule has 3 N–H and O–H groups in total. The molecular weight excluding hydrogens is 378 g/mol. The Morgan fingerprint density at radius 2 is 1.86 bits per heavy atom. The van der Waals surface area contributed by atoms with Gasteiger partial charge in [-0.15, -0.1) is 0 Å². The minimum atomic E-state index is -1.27. The molecule has 2 amide bonds. The summed E-state index contributed by atoms with van der Waals surface area (Å²) in [5.74, 6) is -0.370. The van der Waals surface area contributed by atoms with Crippen LogP contribution in [0.25, 0.3) is 11.3 Å². The number of carbonyl (C=O) groups excluding carboxylic acids is 1. The van der Waals surface area contributed by atoms with Crippen molar-refractivity contribution >= 4 is 12.0 Å². The number of ether oxygens (including phenoxy) is 2. The van der Waals surface area contributed by atoms with Gasteiger partial charge in [-0.3, -0.25) is 4.79 Å². The summed E-state index contributed by atoms with van der Waals surface area (Å²) in [6.45, 7) is 0.837. The van der Waals surface area contributed by atoms with Crippen molar-refractivity contribution < 1.29 is 24.2 Å². The highest BCUT2D eigenvalue weighted by molar-refractivity contribution is 5.88. The molecule has 1 saturated heterocycles. The summed E-state index contributed by atoms with van der Waals surface area (Å²) in [6, 6.07) is 4.37. The third kappa shape index (κ3) is 2.89. The van der Waals surface area contributed by atoms with Crippen LogP contribution in [0.2, 0.25) is 0 Å². The Labute approximate surface area is 166 Å². The van der Waals surface area contributed by atoms with E-state index in [0.29, 0.717) is 36.7 Å². The number of carboxylic acid groups (broad SMARTS) is 1. The van der Waals surface area contributed by atoms with E-state index in [9.17, 15) is 19.5 Å². The highest BCUT2D eigenvalue weighted by atomic mass is 16.5. The third-order valence-electron chi connectivity index (χ3n) is 5.79. The zero-order chi connectivity index (χ0) is 20.9. The zero-order valence-corrected chi connectivity index (χ0v) is 16.0. The van der Waals surface area contributed by atoms with Crippen molar-refractivity contribution in [2.45, 2.75) is 18.4 Å². The van der Waals surface area contributed by atoms with Crippen LogP contribution < -0.4 is 20.6 Å². The van der Waals surface area contributed by atoms with Gasteiger partial charge in [-0.25, -0.2) is 9.59 Å². The average molecular weight is 399 g/mol. The lowest BCUT2D eigenvalue weighted by Gasteiger charge is -2.44. The van der Waals surface area contributed by atoms with E-state index in [0.717, 1.165) is 11.1 Å². The number of piperidine rings is 1. The second-order valence-corrected chi connectivity index (χ2v) is 7.19. The Bertz CT molecular complexity index is 1080. The van der Waals surface area contributed by atoms with Gasteiger partial charge in [0.2, 0.25) is 0 Å². The number of nitrogens with two attached hydrogens (primary N) is 1. The molecule has 1 aromatic heterocycles. The number of likely N-dealkylation sites (tertiary alicyclic amines) is 1. The number of nitrogens with zero attached hydrogens (tertiary/aromatic N) is 2. The lowest BCUT2D eigenvalue weighted by molar-refractivity contribution is 0.0694. The SMILES string of the molecule is COc1cc2c(cc1OC)C1CN(C(N)=O)CCC1n1cc(C(=O)O)c(=O)cc1-2. The van der Waals surface area contributed by atoms with E-state index in [1.54, 1.807) is 18.1 Å². The Morgan fingerprint density at radius 3 is 2.48 bits per heavy atom. The monoisotopic (exact) mass is 399 g/mol. The van der Waals surface area contributed by atoms with Crippen LogP contribution in [0.4, 0.5) is 4.79 Å². The molecule has 2 unspecified atom stereocenters.